The molecule has 0 bridgehead atoms. The Kier molecular flexibility index (Phi) is 4.95. The highest BCUT2D eigenvalue weighted by molar-refractivity contribution is 4.85. The molecule has 0 unspecified atom stereocenters. The van der Waals surface area contributed by atoms with Crippen molar-refractivity contribution in [3.8, 4) is 0 Å². The summed E-state index contributed by atoms with van der Waals surface area (Å²) in [4.78, 5) is 3.07. The van der Waals surface area contributed by atoms with E-state index < -0.39 is 0 Å². The van der Waals surface area contributed by atoms with E-state index in [1.807, 2.05) is 6.33 Å². The van der Waals surface area contributed by atoms with E-state index in [4.69, 9.17) is 0 Å². The van der Waals surface area contributed by atoms with Crippen molar-refractivity contribution in [2.24, 2.45) is 7.05 Å². The quantitative estimate of drug-likeness (QED) is 0.522. The number of H-pyrrole nitrogens is 1. The summed E-state index contributed by atoms with van der Waals surface area (Å²) in [5.74, 6) is 0. The smallest absolute Gasteiger partial charge is 0.241 e. The molecule has 1 N–H and O–H groups in total. The van der Waals surface area contributed by atoms with Crippen LogP contribution in [0, 0.1) is 0 Å². The molecular weight excluding hydrogens is 160 g/mol. The monoisotopic (exact) mass is 174 g/mol. The van der Waals surface area contributed by atoms with Crippen LogP contribution in [0.4, 0.5) is 0 Å². The maximum atomic E-state index is 3.07. The van der Waals surface area contributed by atoms with Gasteiger partial charge < -0.3 is 12.4 Å². The van der Waals surface area contributed by atoms with Crippen LogP contribution in [0.1, 0.15) is 25.5 Å². The number of nitrogens with one attached hydrogen (secondary N) is 1. The molecule has 0 saturated heterocycles. The fourth-order valence-corrected chi connectivity index (χ4v) is 1.04. The van der Waals surface area contributed by atoms with E-state index in [0.717, 1.165) is 0 Å². The van der Waals surface area contributed by atoms with Gasteiger partial charge in [0, 0.05) is 6.42 Å². The van der Waals surface area contributed by atoms with Gasteiger partial charge in [0.05, 0.1) is 7.05 Å². The van der Waals surface area contributed by atoms with Crippen LogP contribution < -0.4 is 17.0 Å². The molecule has 0 spiro atoms. The summed E-state index contributed by atoms with van der Waals surface area (Å²) < 4.78 is 2.13. The van der Waals surface area contributed by atoms with Gasteiger partial charge in [-0.25, -0.2) is 9.55 Å². The molecule has 3 heteroatoms. The molecule has 1 rings (SSSR count). The summed E-state index contributed by atoms with van der Waals surface area (Å²) in [5, 5.41) is 0. The van der Waals surface area contributed by atoms with E-state index in [9.17, 15) is 0 Å². The minimum absolute atomic E-state index is 0. The molecule has 1 heterocycles. The standard InChI is InChI=1S/C8H14N2.ClH/c1-3-4-5-8-6-9-7-10(8)2;/h6-7H,3-5H2,1-2H3;1H. The summed E-state index contributed by atoms with van der Waals surface area (Å²) in [6.45, 7) is 2.21. The number of unbranched alkanes of at least 4 members (excludes halogenated alkanes) is 1. The zero-order chi connectivity index (χ0) is 7.40. The predicted octanol–water partition coefficient (Wildman–Crippen LogP) is -1.81. The van der Waals surface area contributed by atoms with Crippen LogP contribution in [0.15, 0.2) is 12.5 Å². The van der Waals surface area contributed by atoms with Crippen molar-refractivity contribution in [3.05, 3.63) is 18.2 Å². The van der Waals surface area contributed by atoms with Crippen molar-refractivity contribution >= 4 is 0 Å². The first-order chi connectivity index (χ1) is 4.84. The van der Waals surface area contributed by atoms with Crippen molar-refractivity contribution in [1.82, 2.24) is 4.98 Å². The number of hydrogen-bond donors (Lipinski definition) is 1. The molecule has 1 aromatic rings. The Hall–Kier alpha value is -0.500. The van der Waals surface area contributed by atoms with E-state index in [-0.39, 0.29) is 12.4 Å². The van der Waals surface area contributed by atoms with Gasteiger partial charge in [-0.15, -0.1) is 0 Å². The van der Waals surface area contributed by atoms with Crippen molar-refractivity contribution < 1.29 is 17.0 Å². The second kappa shape index (κ2) is 5.19. The molecule has 0 amide bonds. The molecule has 0 aromatic carbocycles. The summed E-state index contributed by atoms with van der Waals surface area (Å²) in [7, 11) is 2.07. The van der Waals surface area contributed by atoms with Gasteiger partial charge in [-0.2, -0.15) is 0 Å². The molecule has 0 aliphatic heterocycles. The van der Waals surface area contributed by atoms with Crippen LogP contribution in [0.2, 0.25) is 0 Å². The first-order valence-electron chi connectivity index (χ1n) is 3.86. The van der Waals surface area contributed by atoms with Gasteiger partial charge in [-0.3, -0.25) is 0 Å². The van der Waals surface area contributed by atoms with Gasteiger partial charge in [-0.05, 0) is 6.42 Å². The van der Waals surface area contributed by atoms with Crippen LogP contribution in [0.25, 0.3) is 0 Å². The lowest BCUT2D eigenvalue weighted by Gasteiger charge is -1.92. The van der Waals surface area contributed by atoms with E-state index in [2.05, 4.69) is 29.7 Å². The maximum Gasteiger partial charge on any atom is 0.241 e. The number of halogens is 1. The molecule has 0 atom stereocenters. The summed E-state index contributed by atoms with van der Waals surface area (Å²) in [6.07, 6.45) is 7.79. The Labute approximate surface area is 74.0 Å². The minimum atomic E-state index is 0. The molecule has 0 aliphatic carbocycles. The van der Waals surface area contributed by atoms with Crippen LogP contribution >= 0.6 is 0 Å². The van der Waals surface area contributed by atoms with Crippen molar-refractivity contribution in [1.29, 1.82) is 0 Å². The van der Waals surface area contributed by atoms with E-state index in [1.54, 1.807) is 0 Å². The van der Waals surface area contributed by atoms with Gasteiger partial charge in [0.1, 0.15) is 11.9 Å². The maximum absolute atomic E-state index is 3.07. The average Bonchev–Trinajstić information content (AvgIpc) is 2.31. The molecule has 11 heavy (non-hydrogen) atoms. The zero-order valence-electron chi connectivity index (χ0n) is 7.10. The fraction of sp³-hybridized carbons (Fsp3) is 0.625. The molecular formula is C8H15ClN2. The molecule has 0 fully saturated rings. The molecule has 2 nitrogen and oxygen atoms in total. The van der Waals surface area contributed by atoms with E-state index in [1.165, 1.54) is 25.0 Å². The van der Waals surface area contributed by atoms with Crippen LogP contribution in [-0.4, -0.2) is 4.98 Å². The number of aryl methyl sites for hydroxylation is 2. The molecule has 64 valence electrons. The Morgan fingerprint density at radius 2 is 2.27 bits per heavy atom. The van der Waals surface area contributed by atoms with E-state index >= 15 is 0 Å². The first kappa shape index (κ1) is 10.5. The van der Waals surface area contributed by atoms with Crippen molar-refractivity contribution in [2.75, 3.05) is 0 Å². The van der Waals surface area contributed by atoms with Crippen LogP contribution in [0.5, 0.6) is 0 Å². The van der Waals surface area contributed by atoms with Crippen molar-refractivity contribution in [3.63, 3.8) is 0 Å². The Morgan fingerprint density at radius 1 is 1.55 bits per heavy atom. The Balaban J connectivity index is 0.000001000. The average molecular weight is 175 g/mol. The number of rotatable bonds is 3. The van der Waals surface area contributed by atoms with Gasteiger partial charge in [0.15, 0.2) is 0 Å². The zero-order valence-corrected chi connectivity index (χ0v) is 7.86. The van der Waals surface area contributed by atoms with Crippen LogP contribution in [-0.2, 0) is 13.5 Å². The molecule has 0 radical (unpaired) electrons. The minimum Gasteiger partial charge on any atom is -1.00 e. The first-order valence-corrected chi connectivity index (χ1v) is 3.86. The summed E-state index contributed by atoms with van der Waals surface area (Å²) >= 11 is 0. The SMILES string of the molecule is CCCCc1c[nH]c[n+]1C.[Cl-]. The van der Waals surface area contributed by atoms with Crippen LogP contribution in [0.3, 0.4) is 0 Å². The third-order valence-corrected chi connectivity index (χ3v) is 1.76. The van der Waals surface area contributed by atoms with Crippen molar-refractivity contribution in [2.45, 2.75) is 26.2 Å². The second-order valence-corrected chi connectivity index (χ2v) is 2.65. The normalized spacial score (nSPS) is 9.27. The lowest BCUT2D eigenvalue weighted by molar-refractivity contribution is -0.677. The third kappa shape index (κ3) is 2.93. The lowest BCUT2D eigenvalue weighted by atomic mass is 10.2. The number of aromatic nitrogens is 2. The molecule has 0 saturated carbocycles. The highest BCUT2D eigenvalue weighted by atomic mass is 35.5. The van der Waals surface area contributed by atoms with Gasteiger partial charge in [0.25, 0.3) is 0 Å². The largest absolute Gasteiger partial charge is 1.00 e. The highest BCUT2D eigenvalue weighted by Crippen LogP contribution is 1.96. The highest BCUT2D eigenvalue weighted by Gasteiger charge is 2.01. The molecule has 0 aliphatic rings. The lowest BCUT2D eigenvalue weighted by Crippen LogP contribution is -3.00. The summed E-state index contributed by atoms with van der Waals surface area (Å²) in [5.41, 5.74) is 1.39. The summed E-state index contributed by atoms with van der Waals surface area (Å²) in [6, 6.07) is 0. The molecule has 1 aromatic heterocycles. The Morgan fingerprint density at radius 3 is 2.73 bits per heavy atom. The topological polar surface area (TPSA) is 19.7 Å². The fourth-order valence-electron chi connectivity index (χ4n) is 1.04. The third-order valence-electron chi connectivity index (χ3n) is 1.76. The van der Waals surface area contributed by atoms with Gasteiger partial charge in [0.2, 0.25) is 6.33 Å². The predicted molar refractivity (Wildman–Crippen MR) is 40.6 cm³/mol. The van der Waals surface area contributed by atoms with E-state index in [0.29, 0.717) is 0 Å². The number of hydrogen-bond acceptors (Lipinski definition) is 0. The Bertz CT molecular complexity index is 196. The van der Waals surface area contributed by atoms with Gasteiger partial charge >= 0.3 is 0 Å². The second-order valence-electron chi connectivity index (χ2n) is 2.65. The number of imidazole rings is 1. The number of aromatic amines is 1. The van der Waals surface area contributed by atoms with Gasteiger partial charge in [-0.1, -0.05) is 13.3 Å². The number of nitrogens with zero attached hydrogens (tertiary/aromatic N) is 1.